The highest BCUT2D eigenvalue weighted by molar-refractivity contribution is 7.12. The van der Waals surface area contributed by atoms with E-state index in [9.17, 15) is 19.3 Å². The van der Waals surface area contributed by atoms with Crippen LogP contribution in [-0.4, -0.2) is 33.5 Å². The second-order valence-corrected chi connectivity index (χ2v) is 8.02. The zero-order valence-electron chi connectivity index (χ0n) is 15.2. The van der Waals surface area contributed by atoms with Crippen LogP contribution in [0.25, 0.3) is 11.3 Å². The van der Waals surface area contributed by atoms with Gasteiger partial charge in [-0.2, -0.15) is 4.39 Å². The fourth-order valence-electron chi connectivity index (χ4n) is 2.25. The first-order chi connectivity index (χ1) is 12.0. The van der Waals surface area contributed by atoms with Gasteiger partial charge in [-0.15, -0.1) is 11.3 Å². The van der Waals surface area contributed by atoms with Crippen molar-refractivity contribution in [3.63, 3.8) is 0 Å². The molecule has 0 bridgehead atoms. The molecular weight excluding hydrogens is 361 g/mol. The van der Waals surface area contributed by atoms with Crippen molar-refractivity contribution in [2.75, 3.05) is 7.05 Å². The maximum Gasteiger partial charge on any atom is 0.410 e. The number of hydrogen-bond donors (Lipinski definition) is 0. The van der Waals surface area contributed by atoms with E-state index in [0.717, 1.165) is 6.07 Å². The number of amides is 1. The Hall–Kier alpha value is -2.55. The number of nitro benzene ring substituents is 1. The first-order valence-corrected chi connectivity index (χ1v) is 8.65. The molecule has 0 atom stereocenters. The molecule has 0 aliphatic rings. The van der Waals surface area contributed by atoms with Crippen molar-refractivity contribution in [2.45, 2.75) is 39.8 Å². The number of nitrogens with zero attached hydrogens (tertiary/aromatic N) is 3. The molecule has 7 nitrogen and oxygen atoms in total. The highest BCUT2D eigenvalue weighted by Gasteiger charge is 2.25. The number of aryl methyl sites for hydroxylation is 1. The molecule has 1 heterocycles. The van der Waals surface area contributed by atoms with Gasteiger partial charge in [0.15, 0.2) is 0 Å². The molecule has 1 amide bonds. The van der Waals surface area contributed by atoms with Crippen LogP contribution in [0, 0.1) is 22.9 Å². The number of thiazole rings is 1. The highest BCUT2D eigenvalue weighted by atomic mass is 32.1. The maximum absolute atomic E-state index is 14.5. The summed E-state index contributed by atoms with van der Waals surface area (Å²) in [5, 5.41) is 11.6. The Morgan fingerprint density at radius 1 is 1.42 bits per heavy atom. The Morgan fingerprint density at radius 3 is 2.65 bits per heavy atom. The molecule has 0 fully saturated rings. The van der Waals surface area contributed by atoms with Crippen molar-refractivity contribution in [1.82, 2.24) is 9.88 Å². The summed E-state index contributed by atoms with van der Waals surface area (Å²) in [6.45, 7) is 7.19. The third kappa shape index (κ3) is 4.54. The van der Waals surface area contributed by atoms with Gasteiger partial charge in [0, 0.05) is 18.7 Å². The van der Waals surface area contributed by atoms with Crippen molar-refractivity contribution >= 4 is 23.1 Å². The zero-order chi connectivity index (χ0) is 19.6. The number of carbonyl (C=O) groups excluding carboxylic acids is 1. The third-order valence-corrected chi connectivity index (χ3v) is 4.28. The minimum atomic E-state index is -0.941. The van der Waals surface area contributed by atoms with E-state index < -0.39 is 28.1 Å². The number of carbonyl (C=O) groups is 1. The molecule has 9 heteroatoms. The summed E-state index contributed by atoms with van der Waals surface area (Å²) < 4.78 is 19.8. The van der Waals surface area contributed by atoms with E-state index in [1.54, 1.807) is 34.7 Å². The van der Waals surface area contributed by atoms with E-state index >= 15 is 0 Å². The lowest BCUT2D eigenvalue weighted by molar-refractivity contribution is -0.387. The fraction of sp³-hybridized carbons (Fsp3) is 0.412. The normalized spacial score (nSPS) is 11.3. The first kappa shape index (κ1) is 19.8. The molecule has 1 aromatic carbocycles. The number of aromatic nitrogens is 1. The van der Waals surface area contributed by atoms with Gasteiger partial charge in [-0.05, 0) is 33.8 Å². The summed E-state index contributed by atoms with van der Waals surface area (Å²) in [6, 6.07) is 3.95. The molecule has 0 radical (unpaired) electrons. The van der Waals surface area contributed by atoms with Gasteiger partial charge in [-0.3, -0.25) is 10.1 Å². The van der Waals surface area contributed by atoms with E-state index in [0.29, 0.717) is 15.6 Å². The molecule has 140 valence electrons. The number of hydrogen-bond acceptors (Lipinski definition) is 6. The lowest BCUT2D eigenvalue weighted by Crippen LogP contribution is -2.33. The second kappa shape index (κ2) is 7.36. The Labute approximate surface area is 154 Å². The SMILES string of the molecule is Cc1nc(-c2cccc([N+](=O)[O-])c2F)c(CN(C)C(=O)OC(C)(C)C)s1. The Kier molecular flexibility index (Phi) is 5.60. The van der Waals surface area contributed by atoms with Gasteiger partial charge >= 0.3 is 11.8 Å². The molecule has 0 saturated heterocycles. The van der Waals surface area contributed by atoms with Gasteiger partial charge in [-0.1, -0.05) is 6.07 Å². The molecule has 1 aromatic heterocycles. The molecule has 0 spiro atoms. The molecule has 2 aromatic rings. The Bertz CT molecular complexity index is 845. The lowest BCUT2D eigenvalue weighted by atomic mass is 10.1. The smallest absolute Gasteiger partial charge is 0.410 e. The number of halogens is 1. The van der Waals surface area contributed by atoms with Crippen molar-refractivity contribution in [2.24, 2.45) is 0 Å². The zero-order valence-corrected chi connectivity index (χ0v) is 16.0. The molecule has 0 N–H and O–H groups in total. The molecule has 0 saturated carbocycles. The summed E-state index contributed by atoms with van der Waals surface area (Å²) in [7, 11) is 1.57. The number of ether oxygens (including phenoxy) is 1. The number of nitro groups is 1. The van der Waals surface area contributed by atoms with Crippen molar-refractivity contribution in [3.05, 3.63) is 44.0 Å². The van der Waals surface area contributed by atoms with Gasteiger partial charge in [-0.25, -0.2) is 9.78 Å². The summed E-state index contributed by atoms with van der Waals surface area (Å²) in [4.78, 5) is 28.6. The topological polar surface area (TPSA) is 85.6 Å². The minimum absolute atomic E-state index is 0.0381. The number of rotatable bonds is 4. The van der Waals surface area contributed by atoms with Crippen LogP contribution < -0.4 is 0 Å². The average Bonchev–Trinajstić information content (AvgIpc) is 2.85. The van der Waals surface area contributed by atoms with Crippen LogP contribution in [0.1, 0.15) is 30.7 Å². The fourth-order valence-corrected chi connectivity index (χ4v) is 3.25. The van der Waals surface area contributed by atoms with Gasteiger partial charge in [0.1, 0.15) is 5.60 Å². The molecular formula is C17H20FN3O4S. The molecule has 0 unspecified atom stereocenters. The standard InChI is InChI=1S/C17H20FN3O4S/c1-10-19-15(11-7-6-8-12(14(11)18)21(23)24)13(26-10)9-20(5)16(22)25-17(2,3)4/h6-8H,9H2,1-5H3. The maximum atomic E-state index is 14.5. The summed E-state index contributed by atoms with van der Waals surface area (Å²) in [6.07, 6.45) is -0.519. The van der Waals surface area contributed by atoms with Crippen LogP contribution in [0.4, 0.5) is 14.9 Å². The molecule has 0 aliphatic carbocycles. The number of benzene rings is 1. The van der Waals surface area contributed by atoms with E-state index in [-0.39, 0.29) is 12.1 Å². The predicted octanol–water partition coefficient (Wildman–Crippen LogP) is 4.53. The second-order valence-electron chi connectivity index (χ2n) is 6.74. The quantitative estimate of drug-likeness (QED) is 0.574. The van der Waals surface area contributed by atoms with Crippen LogP contribution in [0.2, 0.25) is 0 Å². The van der Waals surface area contributed by atoms with E-state index in [4.69, 9.17) is 4.74 Å². The van der Waals surface area contributed by atoms with Crippen LogP contribution in [0.15, 0.2) is 18.2 Å². The first-order valence-electron chi connectivity index (χ1n) is 7.83. The monoisotopic (exact) mass is 381 g/mol. The van der Waals surface area contributed by atoms with Crippen LogP contribution in [0.3, 0.4) is 0 Å². The van der Waals surface area contributed by atoms with Gasteiger partial charge < -0.3 is 9.64 Å². The molecule has 2 rings (SSSR count). The van der Waals surface area contributed by atoms with Crippen LogP contribution in [-0.2, 0) is 11.3 Å². The van der Waals surface area contributed by atoms with Crippen LogP contribution in [0.5, 0.6) is 0 Å². The summed E-state index contributed by atoms with van der Waals surface area (Å²) in [5.74, 6) is -0.941. The highest BCUT2D eigenvalue weighted by Crippen LogP contribution is 2.34. The van der Waals surface area contributed by atoms with Gasteiger partial charge in [0.25, 0.3) is 0 Å². The molecule has 0 aliphatic heterocycles. The third-order valence-electron chi connectivity index (χ3n) is 3.32. The van der Waals surface area contributed by atoms with Gasteiger partial charge in [0.05, 0.1) is 27.0 Å². The lowest BCUT2D eigenvalue weighted by Gasteiger charge is -2.24. The van der Waals surface area contributed by atoms with Gasteiger partial charge in [0.2, 0.25) is 5.82 Å². The predicted molar refractivity (Wildman–Crippen MR) is 96.6 cm³/mol. The molecule has 26 heavy (non-hydrogen) atoms. The largest absolute Gasteiger partial charge is 0.444 e. The summed E-state index contributed by atoms with van der Waals surface area (Å²) in [5.41, 5.74) is -0.913. The van der Waals surface area contributed by atoms with E-state index in [1.807, 2.05) is 0 Å². The van der Waals surface area contributed by atoms with Crippen molar-refractivity contribution in [3.8, 4) is 11.3 Å². The summed E-state index contributed by atoms with van der Waals surface area (Å²) >= 11 is 1.30. The van der Waals surface area contributed by atoms with Crippen molar-refractivity contribution < 1.29 is 18.8 Å². The van der Waals surface area contributed by atoms with E-state index in [2.05, 4.69) is 4.98 Å². The van der Waals surface area contributed by atoms with Crippen LogP contribution >= 0.6 is 11.3 Å². The average molecular weight is 381 g/mol. The Morgan fingerprint density at radius 2 is 2.08 bits per heavy atom. The Balaban J connectivity index is 2.36. The van der Waals surface area contributed by atoms with Crippen molar-refractivity contribution in [1.29, 1.82) is 0 Å². The van der Waals surface area contributed by atoms with E-state index in [1.165, 1.54) is 28.4 Å². The minimum Gasteiger partial charge on any atom is -0.444 e.